The Bertz CT molecular complexity index is 266. The smallest absolute Gasteiger partial charge is 0.409 e. The molecule has 0 spiro atoms. The summed E-state index contributed by atoms with van der Waals surface area (Å²) in [4.78, 5) is 10.2. The number of hydrogen-bond donors (Lipinski definition) is 2. The standard InChI is InChI=1S/C9H11NO2/c1-2-7-3-5-8(6-4-7)10-9(11)12/h3-6,10H,2H2,1H3,(H,11,12). The first-order valence-electron chi connectivity index (χ1n) is 3.81. The lowest BCUT2D eigenvalue weighted by Crippen LogP contribution is -2.06. The van der Waals surface area contributed by atoms with Gasteiger partial charge in [-0.15, -0.1) is 0 Å². The number of benzene rings is 1. The highest BCUT2D eigenvalue weighted by Gasteiger charge is 1.96. The fourth-order valence-corrected chi connectivity index (χ4v) is 0.947. The number of carbonyl (C=O) groups is 1. The van der Waals surface area contributed by atoms with Crippen LogP contribution in [0.1, 0.15) is 12.5 Å². The Morgan fingerprint density at radius 2 is 2.00 bits per heavy atom. The summed E-state index contributed by atoms with van der Waals surface area (Å²) >= 11 is 0. The van der Waals surface area contributed by atoms with E-state index in [0.717, 1.165) is 6.42 Å². The van der Waals surface area contributed by atoms with Crippen molar-refractivity contribution in [2.24, 2.45) is 0 Å². The maximum Gasteiger partial charge on any atom is 0.409 e. The summed E-state index contributed by atoms with van der Waals surface area (Å²) < 4.78 is 0. The molecule has 0 unspecified atom stereocenters. The topological polar surface area (TPSA) is 49.3 Å². The molecule has 0 heterocycles. The molecule has 1 aromatic rings. The lowest BCUT2D eigenvalue weighted by molar-refractivity contribution is 0.210. The van der Waals surface area contributed by atoms with Crippen LogP contribution in [0.5, 0.6) is 0 Å². The van der Waals surface area contributed by atoms with Gasteiger partial charge in [0.25, 0.3) is 0 Å². The van der Waals surface area contributed by atoms with Crippen LogP contribution < -0.4 is 5.32 Å². The van der Waals surface area contributed by atoms with E-state index in [1.807, 2.05) is 12.1 Å². The molecule has 1 aromatic carbocycles. The van der Waals surface area contributed by atoms with Gasteiger partial charge < -0.3 is 5.11 Å². The monoisotopic (exact) mass is 165 g/mol. The predicted molar refractivity (Wildman–Crippen MR) is 47.5 cm³/mol. The lowest BCUT2D eigenvalue weighted by atomic mass is 10.1. The van der Waals surface area contributed by atoms with Crippen LogP contribution in [0.4, 0.5) is 10.5 Å². The molecular formula is C9H11NO2. The van der Waals surface area contributed by atoms with Gasteiger partial charge >= 0.3 is 6.09 Å². The quantitative estimate of drug-likeness (QED) is 0.706. The molecule has 0 saturated carbocycles. The number of rotatable bonds is 2. The molecule has 0 bridgehead atoms. The molecule has 0 aliphatic carbocycles. The maximum absolute atomic E-state index is 10.2. The van der Waals surface area contributed by atoms with Gasteiger partial charge in [0.1, 0.15) is 0 Å². The maximum atomic E-state index is 10.2. The molecule has 0 aromatic heterocycles. The van der Waals surface area contributed by atoms with Gasteiger partial charge in [-0.05, 0) is 24.1 Å². The average molecular weight is 165 g/mol. The van der Waals surface area contributed by atoms with Crippen LogP contribution in [-0.4, -0.2) is 11.2 Å². The highest BCUT2D eigenvalue weighted by Crippen LogP contribution is 2.09. The minimum atomic E-state index is -1.03. The molecule has 0 saturated heterocycles. The van der Waals surface area contributed by atoms with E-state index in [0.29, 0.717) is 5.69 Å². The Labute approximate surface area is 71.0 Å². The van der Waals surface area contributed by atoms with Crippen LogP contribution in [0.15, 0.2) is 24.3 Å². The van der Waals surface area contributed by atoms with E-state index in [9.17, 15) is 4.79 Å². The fraction of sp³-hybridized carbons (Fsp3) is 0.222. The van der Waals surface area contributed by atoms with Crippen molar-refractivity contribution in [2.45, 2.75) is 13.3 Å². The second-order valence-electron chi connectivity index (χ2n) is 2.48. The van der Waals surface area contributed by atoms with Gasteiger partial charge in [-0.1, -0.05) is 19.1 Å². The molecule has 0 radical (unpaired) electrons. The van der Waals surface area contributed by atoms with Gasteiger partial charge in [0, 0.05) is 5.69 Å². The van der Waals surface area contributed by atoms with Crippen LogP contribution in [0.3, 0.4) is 0 Å². The first-order valence-corrected chi connectivity index (χ1v) is 3.81. The summed E-state index contributed by atoms with van der Waals surface area (Å²) in [5.41, 5.74) is 1.81. The lowest BCUT2D eigenvalue weighted by Gasteiger charge is -2.00. The Morgan fingerprint density at radius 3 is 2.42 bits per heavy atom. The summed E-state index contributed by atoms with van der Waals surface area (Å²) in [6.45, 7) is 2.06. The molecule has 0 aliphatic heterocycles. The molecule has 0 aliphatic rings. The third kappa shape index (κ3) is 2.27. The van der Waals surface area contributed by atoms with E-state index in [1.165, 1.54) is 5.56 Å². The summed E-state index contributed by atoms with van der Waals surface area (Å²) in [5, 5.41) is 10.7. The minimum Gasteiger partial charge on any atom is -0.465 e. The molecule has 12 heavy (non-hydrogen) atoms. The average Bonchev–Trinajstić information content (AvgIpc) is 2.05. The van der Waals surface area contributed by atoms with E-state index in [-0.39, 0.29) is 0 Å². The zero-order valence-electron chi connectivity index (χ0n) is 6.87. The molecule has 0 atom stereocenters. The second kappa shape index (κ2) is 3.76. The van der Waals surface area contributed by atoms with Crippen LogP contribution in [0.2, 0.25) is 0 Å². The van der Waals surface area contributed by atoms with Gasteiger partial charge in [-0.25, -0.2) is 4.79 Å². The predicted octanol–water partition coefficient (Wildman–Crippen LogP) is 2.34. The molecule has 3 heteroatoms. The molecule has 0 fully saturated rings. The van der Waals surface area contributed by atoms with Crippen LogP contribution in [-0.2, 0) is 6.42 Å². The Balaban J connectivity index is 2.71. The molecule has 2 N–H and O–H groups in total. The Morgan fingerprint density at radius 1 is 1.42 bits per heavy atom. The van der Waals surface area contributed by atoms with Crippen molar-refractivity contribution in [3.63, 3.8) is 0 Å². The minimum absolute atomic E-state index is 0.611. The van der Waals surface area contributed by atoms with E-state index < -0.39 is 6.09 Å². The number of aryl methyl sites for hydroxylation is 1. The van der Waals surface area contributed by atoms with Gasteiger partial charge in [-0.2, -0.15) is 0 Å². The zero-order valence-corrected chi connectivity index (χ0v) is 6.87. The largest absolute Gasteiger partial charge is 0.465 e. The number of anilines is 1. The Hall–Kier alpha value is -1.51. The number of amides is 1. The van der Waals surface area contributed by atoms with E-state index in [4.69, 9.17) is 5.11 Å². The SMILES string of the molecule is CCc1ccc(NC(=O)O)cc1. The summed E-state index contributed by atoms with van der Waals surface area (Å²) in [7, 11) is 0. The van der Waals surface area contributed by atoms with Crippen molar-refractivity contribution in [1.29, 1.82) is 0 Å². The van der Waals surface area contributed by atoms with Gasteiger partial charge in [0.2, 0.25) is 0 Å². The van der Waals surface area contributed by atoms with Crippen molar-refractivity contribution in [3.8, 4) is 0 Å². The Kier molecular flexibility index (Phi) is 2.69. The third-order valence-corrected chi connectivity index (χ3v) is 1.61. The zero-order chi connectivity index (χ0) is 8.97. The first-order chi connectivity index (χ1) is 5.72. The van der Waals surface area contributed by atoms with Crippen molar-refractivity contribution >= 4 is 11.8 Å². The van der Waals surface area contributed by atoms with Crippen LogP contribution >= 0.6 is 0 Å². The molecule has 1 amide bonds. The number of carboxylic acid groups (broad SMARTS) is 1. The highest BCUT2D eigenvalue weighted by molar-refractivity contribution is 5.82. The number of nitrogens with one attached hydrogen (secondary N) is 1. The van der Waals surface area contributed by atoms with Crippen molar-refractivity contribution in [3.05, 3.63) is 29.8 Å². The second-order valence-corrected chi connectivity index (χ2v) is 2.48. The molecule has 3 nitrogen and oxygen atoms in total. The molecular weight excluding hydrogens is 154 g/mol. The van der Waals surface area contributed by atoms with Gasteiger partial charge in [-0.3, -0.25) is 5.32 Å². The van der Waals surface area contributed by atoms with E-state index in [1.54, 1.807) is 12.1 Å². The highest BCUT2D eigenvalue weighted by atomic mass is 16.4. The van der Waals surface area contributed by atoms with E-state index >= 15 is 0 Å². The summed E-state index contributed by atoms with van der Waals surface area (Å²) in [6.07, 6.45) is -0.0628. The van der Waals surface area contributed by atoms with Crippen LogP contribution in [0.25, 0.3) is 0 Å². The third-order valence-electron chi connectivity index (χ3n) is 1.61. The van der Waals surface area contributed by atoms with Crippen molar-refractivity contribution < 1.29 is 9.90 Å². The van der Waals surface area contributed by atoms with Gasteiger partial charge in [0.15, 0.2) is 0 Å². The molecule has 64 valence electrons. The normalized spacial score (nSPS) is 9.42. The van der Waals surface area contributed by atoms with Crippen molar-refractivity contribution in [1.82, 2.24) is 0 Å². The summed E-state index contributed by atoms with van der Waals surface area (Å²) in [6, 6.07) is 7.33. The van der Waals surface area contributed by atoms with Crippen molar-refractivity contribution in [2.75, 3.05) is 5.32 Å². The van der Waals surface area contributed by atoms with Crippen LogP contribution in [0, 0.1) is 0 Å². The number of hydrogen-bond acceptors (Lipinski definition) is 1. The fourth-order valence-electron chi connectivity index (χ4n) is 0.947. The van der Waals surface area contributed by atoms with E-state index in [2.05, 4.69) is 12.2 Å². The first kappa shape index (κ1) is 8.59. The summed E-state index contributed by atoms with van der Waals surface area (Å²) in [5.74, 6) is 0. The van der Waals surface area contributed by atoms with Gasteiger partial charge in [0.05, 0.1) is 0 Å². The molecule has 1 rings (SSSR count).